The molecule has 0 spiro atoms. The number of anilines is 1. The Balaban J connectivity index is 1.85. The third kappa shape index (κ3) is 3.44. The van der Waals surface area contributed by atoms with Crippen molar-refractivity contribution in [2.24, 2.45) is 0 Å². The molecule has 0 amide bonds. The Morgan fingerprint density at radius 3 is 2.48 bits per heavy atom. The molecule has 3 heterocycles. The van der Waals surface area contributed by atoms with Crippen LogP contribution in [0.1, 0.15) is 18.9 Å². The minimum absolute atomic E-state index is 0.0950. The van der Waals surface area contributed by atoms with Gasteiger partial charge in [0.1, 0.15) is 15.9 Å². The maximum Gasteiger partial charge on any atom is 0.340 e. The summed E-state index contributed by atoms with van der Waals surface area (Å²) in [5.74, 6) is -1.27. The lowest BCUT2D eigenvalue weighted by atomic mass is 10.1. The van der Waals surface area contributed by atoms with Crippen molar-refractivity contribution in [1.82, 2.24) is 15.0 Å². The highest BCUT2D eigenvalue weighted by molar-refractivity contribution is 7.87. The number of fused-ring (bicyclic) bond motifs is 1. The van der Waals surface area contributed by atoms with Gasteiger partial charge in [0.2, 0.25) is 11.7 Å². The van der Waals surface area contributed by atoms with E-state index in [1.165, 1.54) is 25.4 Å². The molecule has 29 heavy (non-hydrogen) atoms. The third-order valence-electron chi connectivity index (χ3n) is 4.86. The molecule has 4 rings (SSSR count). The average molecular weight is 418 g/mol. The van der Waals surface area contributed by atoms with E-state index >= 15 is 4.39 Å². The second kappa shape index (κ2) is 7.11. The van der Waals surface area contributed by atoms with Gasteiger partial charge in [-0.2, -0.15) is 17.8 Å². The van der Waals surface area contributed by atoms with Crippen molar-refractivity contribution < 1.29 is 21.7 Å². The second-order valence-electron chi connectivity index (χ2n) is 6.85. The molecule has 1 saturated heterocycles. The Bertz CT molecular complexity index is 1190. The van der Waals surface area contributed by atoms with Crippen LogP contribution in [0.15, 0.2) is 35.4 Å². The summed E-state index contributed by atoms with van der Waals surface area (Å²) in [5.41, 5.74) is 0.938. The first-order valence-electron chi connectivity index (χ1n) is 8.98. The number of pyridine rings is 1. The lowest BCUT2D eigenvalue weighted by Gasteiger charge is -2.39. The Morgan fingerprint density at radius 2 is 1.90 bits per heavy atom. The van der Waals surface area contributed by atoms with Gasteiger partial charge in [-0.25, -0.2) is 9.97 Å². The Kier molecular flexibility index (Phi) is 4.73. The summed E-state index contributed by atoms with van der Waals surface area (Å²) in [4.78, 5) is 14.3. The highest BCUT2D eigenvalue weighted by atomic mass is 32.2. The Morgan fingerprint density at radius 1 is 1.17 bits per heavy atom. The summed E-state index contributed by atoms with van der Waals surface area (Å²) in [7, 11) is -2.90. The first kappa shape index (κ1) is 19.3. The predicted molar refractivity (Wildman–Crippen MR) is 104 cm³/mol. The highest BCUT2D eigenvalue weighted by Crippen LogP contribution is 2.35. The number of aromatic nitrogens is 3. The zero-order chi connectivity index (χ0) is 20.8. The predicted octanol–water partition coefficient (Wildman–Crippen LogP) is 2.85. The van der Waals surface area contributed by atoms with Crippen molar-refractivity contribution >= 4 is 27.0 Å². The lowest BCUT2D eigenvalue weighted by molar-refractivity contribution is 0.396. The van der Waals surface area contributed by atoms with Crippen LogP contribution in [0.5, 0.6) is 11.8 Å². The topological polar surface area (TPSA) is 94.5 Å². The number of benzene rings is 1. The summed E-state index contributed by atoms with van der Waals surface area (Å²) in [6.45, 7) is 4.50. The monoisotopic (exact) mass is 418 g/mol. The van der Waals surface area contributed by atoms with E-state index in [2.05, 4.69) is 15.0 Å². The molecule has 3 aromatic rings. The molecule has 1 atom stereocenters. The van der Waals surface area contributed by atoms with Crippen LogP contribution >= 0.6 is 0 Å². The van der Waals surface area contributed by atoms with Crippen LogP contribution in [0.4, 0.5) is 10.2 Å². The van der Waals surface area contributed by atoms with E-state index in [0.29, 0.717) is 12.4 Å². The highest BCUT2D eigenvalue weighted by Gasteiger charge is 2.31. The molecule has 1 aliphatic rings. The molecule has 2 aromatic heterocycles. The quantitative estimate of drug-likeness (QED) is 0.584. The smallest absolute Gasteiger partial charge is 0.340 e. The maximum absolute atomic E-state index is 15.1. The van der Waals surface area contributed by atoms with Gasteiger partial charge in [-0.3, -0.25) is 0 Å². The molecule has 0 radical (unpaired) electrons. The van der Waals surface area contributed by atoms with Gasteiger partial charge < -0.3 is 13.8 Å². The first-order chi connectivity index (χ1) is 13.8. The van der Waals surface area contributed by atoms with Gasteiger partial charge >= 0.3 is 10.1 Å². The van der Waals surface area contributed by atoms with Gasteiger partial charge in [-0.1, -0.05) is 17.7 Å². The van der Waals surface area contributed by atoms with Crippen molar-refractivity contribution in [2.75, 3.05) is 18.6 Å². The molecule has 0 bridgehead atoms. The van der Waals surface area contributed by atoms with Crippen LogP contribution in [0.25, 0.3) is 11.0 Å². The largest absolute Gasteiger partial charge is 0.480 e. The molecule has 0 saturated carbocycles. The van der Waals surface area contributed by atoms with Crippen molar-refractivity contribution in [2.45, 2.75) is 31.2 Å². The number of nitrogens with zero attached hydrogens (tertiary/aromatic N) is 4. The van der Waals surface area contributed by atoms with Gasteiger partial charge in [0, 0.05) is 12.6 Å². The SMILES string of the molecule is COc1cnc2c(N3CC[C@@H]3C)nc(OS(=O)(=O)c3ccc(C)cc3)c(F)c2n1. The zero-order valence-corrected chi connectivity index (χ0v) is 16.9. The molecule has 8 nitrogen and oxygen atoms in total. The number of methoxy groups -OCH3 is 1. The van der Waals surface area contributed by atoms with Gasteiger partial charge in [0.05, 0.1) is 13.3 Å². The number of aryl methyl sites for hydroxylation is 1. The van der Waals surface area contributed by atoms with E-state index in [9.17, 15) is 8.42 Å². The van der Waals surface area contributed by atoms with Crippen molar-refractivity contribution in [1.29, 1.82) is 0 Å². The van der Waals surface area contributed by atoms with Crippen molar-refractivity contribution in [3.63, 3.8) is 0 Å². The van der Waals surface area contributed by atoms with Crippen LogP contribution < -0.4 is 13.8 Å². The number of ether oxygens (including phenoxy) is 1. The lowest BCUT2D eigenvalue weighted by Crippen LogP contribution is -2.46. The summed E-state index contributed by atoms with van der Waals surface area (Å²) < 4.78 is 50.5. The van der Waals surface area contributed by atoms with E-state index in [1.54, 1.807) is 12.1 Å². The minimum atomic E-state index is -4.28. The summed E-state index contributed by atoms with van der Waals surface area (Å²) in [6, 6.07) is 6.20. The summed E-state index contributed by atoms with van der Waals surface area (Å²) in [5, 5.41) is 0. The Hall–Kier alpha value is -3.01. The van der Waals surface area contributed by atoms with E-state index in [4.69, 9.17) is 8.92 Å². The fourth-order valence-corrected chi connectivity index (χ4v) is 3.91. The maximum atomic E-state index is 15.1. The van der Waals surface area contributed by atoms with Crippen LogP contribution in [0.2, 0.25) is 0 Å². The van der Waals surface area contributed by atoms with Gasteiger partial charge in [-0.15, -0.1) is 0 Å². The van der Waals surface area contributed by atoms with Crippen LogP contribution in [0.3, 0.4) is 0 Å². The molecule has 0 aliphatic carbocycles. The minimum Gasteiger partial charge on any atom is -0.480 e. The number of rotatable bonds is 5. The van der Waals surface area contributed by atoms with Crippen LogP contribution in [-0.4, -0.2) is 43.1 Å². The summed E-state index contributed by atoms with van der Waals surface area (Å²) in [6.07, 6.45) is 2.29. The van der Waals surface area contributed by atoms with E-state index in [0.717, 1.165) is 12.0 Å². The molecule has 1 aromatic carbocycles. The van der Waals surface area contributed by atoms with E-state index in [1.807, 2.05) is 18.7 Å². The Labute approximate surface area is 167 Å². The van der Waals surface area contributed by atoms with Gasteiger partial charge in [-0.05, 0) is 32.4 Å². The summed E-state index contributed by atoms with van der Waals surface area (Å²) >= 11 is 0. The number of halogens is 1. The standard InChI is InChI=1S/C19H19FN4O4S/c1-11-4-6-13(7-5-11)29(25,26)28-19-15(20)16-17(21-10-14(22-16)27-3)18(23-19)24-9-8-12(24)2/h4-7,10,12H,8-9H2,1-3H3/t12-/m0/s1. The molecular weight excluding hydrogens is 399 g/mol. The molecule has 1 fully saturated rings. The normalized spacial score (nSPS) is 16.6. The molecule has 0 N–H and O–H groups in total. The van der Waals surface area contributed by atoms with Crippen molar-refractivity contribution in [3.05, 3.63) is 41.8 Å². The van der Waals surface area contributed by atoms with Crippen LogP contribution in [0, 0.1) is 12.7 Å². The molecule has 0 unspecified atom stereocenters. The zero-order valence-electron chi connectivity index (χ0n) is 16.1. The molecular formula is C19H19FN4O4S. The fourth-order valence-electron chi connectivity index (χ4n) is 3.03. The number of hydrogen-bond donors (Lipinski definition) is 0. The fraction of sp³-hybridized carbons (Fsp3) is 0.316. The number of hydrogen-bond acceptors (Lipinski definition) is 8. The van der Waals surface area contributed by atoms with Crippen LogP contribution in [-0.2, 0) is 10.1 Å². The van der Waals surface area contributed by atoms with Gasteiger partial charge in [0.15, 0.2) is 5.82 Å². The van der Waals surface area contributed by atoms with E-state index in [-0.39, 0.29) is 27.9 Å². The average Bonchev–Trinajstić information content (AvgIpc) is 2.70. The third-order valence-corrected chi connectivity index (χ3v) is 6.09. The molecule has 1 aliphatic heterocycles. The molecule has 10 heteroatoms. The second-order valence-corrected chi connectivity index (χ2v) is 8.39. The van der Waals surface area contributed by atoms with Crippen molar-refractivity contribution in [3.8, 4) is 11.8 Å². The molecule has 152 valence electrons. The van der Waals surface area contributed by atoms with Gasteiger partial charge in [0.25, 0.3) is 5.88 Å². The first-order valence-corrected chi connectivity index (χ1v) is 10.4. The van der Waals surface area contributed by atoms with E-state index < -0.39 is 21.8 Å².